The van der Waals surface area contributed by atoms with Crippen LogP contribution in [0.4, 0.5) is 15.2 Å². The molecule has 0 saturated carbocycles. The molecule has 4 rings (SSSR count). The van der Waals surface area contributed by atoms with Crippen molar-refractivity contribution in [2.75, 3.05) is 10.6 Å². The molecule has 1 amide bonds. The van der Waals surface area contributed by atoms with Gasteiger partial charge in [0.2, 0.25) is 0 Å². The lowest BCUT2D eigenvalue weighted by Crippen LogP contribution is -2.08. The number of hydrogen-bond acceptors (Lipinski definition) is 5. The molecule has 7 heteroatoms. The minimum atomic E-state index is -0.335. The number of benzene rings is 1. The number of aromatic nitrogens is 2. The van der Waals surface area contributed by atoms with Gasteiger partial charge in [-0.25, -0.2) is 9.37 Å². The van der Waals surface area contributed by atoms with E-state index in [0.717, 1.165) is 15.6 Å². The van der Waals surface area contributed by atoms with Crippen molar-refractivity contribution in [3.8, 4) is 11.3 Å². The SMILES string of the molecule is C/C(Nc1ncc(C)s1)=C1/C(=O)Nc2cnc(-c3c(C)cccc3F)cc21. The Morgan fingerprint density at radius 2 is 2.04 bits per heavy atom. The molecule has 5 nitrogen and oxygen atoms in total. The molecule has 2 aromatic heterocycles. The highest BCUT2D eigenvalue weighted by Crippen LogP contribution is 2.37. The van der Waals surface area contributed by atoms with Gasteiger partial charge in [-0.05, 0) is 38.5 Å². The van der Waals surface area contributed by atoms with Crippen molar-refractivity contribution in [2.45, 2.75) is 20.8 Å². The molecule has 1 aromatic carbocycles. The number of nitrogens with one attached hydrogen (secondary N) is 2. The van der Waals surface area contributed by atoms with E-state index in [4.69, 9.17) is 0 Å². The molecule has 136 valence electrons. The van der Waals surface area contributed by atoms with E-state index in [2.05, 4.69) is 20.6 Å². The van der Waals surface area contributed by atoms with E-state index in [0.29, 0.717) is 33.8 Å². The quantitative estimate of drug-likeness (QED) is 0.643. The van der Waals surface area contributed by atoms with Gasteiger partial charge in [0.15, 0.2) is 5.13 Å². The lowest BCUT2D eigenvalue weighted by Gasteiger charge is -2.10. The fraction of sp³-hybridized carbons (Fsp3) is 0.150. The first-order chi connectivity index (χ1) is 12.9. The molecule has 0 atom stereocenters. The minimum Gasteiger partial charge on any atom is -0.335 e. The van der Waals surface area contributed by atoms with Crippen LogP contribution in [0.5, 0.6) is 0 Å². The standard InChI is InChI=1S/C20H17FN4OS/c1-10-5-4-6-14(21)17(10)15-7-13-16(9-22-15)25-19(26)18(13)12(3)24-20-23-8-11(2)27-20/h4-9H,1-3H3,(H,23,24)(H,25,26)/b18-12-. The van der Waals surface area contributed by atoms with E-state index in [9.17, 15) is 9.18 Å². The average Bonchev–Trinajstić information content (AvgIpc) is 3.16. The van der Waals surface area contributed by atoms with Crippen LogP contribution in [-0.4, -0.2) is 15.9 Å². The van der Waals surface area contributed by atoms with Crippen LogP contribution in [0, 0.1) is 19.7 Å². The first kappa shape index (κ1) is 17.4. The van der Waals surface area contributed by atoms with Gasteiger partial charge in [0.1, 0.15) is 5.82 Å². The summed E-state index contributed by atoms with van der Waals surface area (Å²) >= 11 is 1.51. The second kappa shape index (κ2) is 6.59. The van der Waals surface area contributed by atoms with Crippen molar-refractivity contribution in [2.24, 2.45) is 0 Å². The summed E-state index contributed by atoms with van der Waals surface area (Å²) in [7, 11) is 0. The number of hydrogen-bond donors (Lipinski definition) is 2. The number of amides is 1. The molecule has 1 aliphatic rings. The largest absolute Gasteiger partial charge is 0.335 e. The van der Waals surface area contributed by atoms with E-state index in [1.807, 2.05) is 26.8 Å². The monoisotopic (exact) mass is 380 g/mol. The smallest absolute Gasteiger partial charge is 0.258 e. The lowest BCUT2D eigenvalue weighted by atomic mass is 10.00. The third-order valence-electron chi connectivity index (χ3n) is 4.42. The Balaban J connectivity index is 1.80. The molecule has 3 aromatic rings. The Morgan fingerprint density at radius 1 is 1.22 bits per heavy atom. The summed E-state index contributed by atoms with van der Waals surface area (Å²) in [6.07, 6.45) is 3.35. The number of anilines is 2. The van der Waals surface area contributed by atoms with E-state index < -0.39 is 0 Å². The summed E-state index contributed by atoms with van der Waals surface area (Å²) in [6.45, 7) is 5.64. The molecule has 0 saturated heterocycles. The van der Waals surface area contributed by atoms with Gasteiger partial charge >= 0.3 is 0 Å². The van der Waals surface area contributed by atoms with Gasteiger partial charge in [-0.1, -0.05) is 12.1 Å². The van der Waals surface area contributed by atoms with E-state index in [-0.39, 0.29) is 11.7 Å². The number of nitrogens with zero attached hydrogens (tertiary/aromatic N) is 2. The zero-order chi connectivity index (χ0) is 19.1. The topological polar surface area (TPSA) is 66.9 Å². The first-order valence-electron chi connectivity index (χ1n) is 8.41. The molecule has 0 fully saturated rings. The Morgan fingerprint density at radius 3 is 2.74 bits per heavy atom. The van der Waals surface area contributed by atoms with Crippen LogP contribution >= 0.6 is 11.3 Å². The molecule has 0 spiro atoms. The highest BCUT2D eigenvalue weighted by Gasteiger charge is 2.28. The Bertz CT molecular complexity index is 1080. The Hall–Kier alpha value is -3.06. The van der Waals surface area contributed by atoms with Gasteiger partial charge in [-0.3, -0.25) is 9.78 Å². The number of fused-ring (bicyclic) bond motifs is 1. The van der Waals surface area contributed by atoms with Crippen LogP contribution in [0.1, 0.15) is 22.9 Å². The molecule has 1 aliphatic heterocycles. The highest BCUT2D eigenvalue weighted by molar-refractivity contribution is 7.15. The predicted molar refractivity (Wildman–Crippen MR) is 106 cm³/mol. The van der Waals surface area contributed by atoms with Crippen molar-refractivity contribution >= 4 is 33.6 Å². The molecule has 27 heavy (non-hydrogen) atoms. The number of pyridine rings is 1. The summed E-state index contributed by atoms with van der Waals surface area (Å²) in [6, 6.07) is 6.67. The summed E-state index contributed by atoms with van der Waals surface area (Å²) in [4.78, 5) is 22.2. The molecule has 0 bridgehead atoms. The number of carbonyl (C=O) groups is 1. The van der Waals surface area contributed by atoms with Crippen molar-refractivity contribution in [1.29, 1.82) is 0 Å². The van der Waals surface area contributed by atoms with Crippen molar-refractivity contribution in [3.05, 3.63) is 64.2 Å². The van der Waals surface area contributed by atoms with Crippen LogP contribution in [0.15, 0.2) is 42.4 Å². The molecule has 0 unspecified atom stereocenters. The molecular formula is C20H17FN4OS. The zero-order valence-electron chi connectivity index (χ0n) is 15.1. The number of aryl methyl sites for hydroxylation is 2. The van der Waals surface area contributed by atoms with Gasteiger partial charge in [-0.2, -0.15) is 0 Å². The molecule has 2 N–H and O–H groups in total. The minimum absolute atomic E-state index is 0.215. The first-order valence-corrected chi connectivity index (χ1v) is 9.23. The predicted octanol–water partition coefficient (Wildman–Crippen LogP) is 4.76. The van der Waals surface area contributed by atoms with Gasteiger partial charge < -0.3 is 10.6 Å². The lowest BCUT2D eigenvalue weighted by molar-refractivity contribution is -0.110. The van der Waals surface area contributed by atoms with Crippen molar-refractivity contribution < 1.29 is 9.18 Å². The van der Waals surface area contributed by atoms with Crippen LogP contribution in [0.25, 0.3) is 16.8 Å². The number of allylic oxidation sites excluding steroid dienone is 1. The third-order valence-corrected chi connectivity index (χ3v) is 5.25. The third kappa shape index (κ3) is 3.10. The highest BCUT2D eigenvalue weighted by atomic mass is 32.1. The number of rotatable bonds is 3. The second-order valence-electron chi connectivity index (χ2n) is 6.40. The van der Waals surface area contributed by atoms with Crippen molar-refractivity contribution in [3.63, 3.8) is 0 Å². The van der Waals surface area contributed by atoms with Crippen molar-refractivity contribution in [1.82, 2.24) is 9.97 Å². The second-order valence-corrected chi connectivity index (χ2v) is 7.64. The van der Waals surface area contributed by atoms with E-state index in [1.165, 1.54) is 17.4 Å². The van der Waals surface area contributed by atoms with Crippen LogP contribution < -0.4 is 10.6 Å². The Kier molecular flexibility index (Phi) is 4.24. The molecule has 0 aliphatic carbocycles. The molecule has 3 heterocycles. The number of carbonyl (C=O) groups excluding carboxylic acids is 1. The normalized spacial score (nSPS) is 14.7. The molecule has 0 radical (unpaired) electrons. The van der Waals surface area contributed by atoms with Crippen LogP contribution in [-0.2, 0) is 4.79 Å². The van der Waals surface area contributed by atoms with E-state index in [1.54, 1.807) is 24.5 Å². The maximum Gasteiger partial charge on any atom is 0.258 e. The number of thiazole rings is 1. The van der Waals surface area contributed by atoms with Crippen LogP contribution in [0.2, 0.25) is 0 Å². The molecular weight excluding hydrogens is 363 g/mol. The van der Waals surface area contributed by atoms with Crippen LogP contribution in [0.3, 0.4) is 0 Å². The van der Waals surface area contributed by atoms with Gasteiger partial charge in [0.05, 0.1) is 23.2 Å². The maximum absolute atomic E-state index is 14.4. The summed E-state index contributed by atoms with van der Waals surface area (Å²) in [5.74, 6) is -0.550. The Labute approximate surface area is 160 Å². The number of halogens is 1. The summed E-state index contributed by atoms with van der Waals surface area (Å²) in [5, 5.41) is 6.73. The van der Waals surface area contributed by atoms with Gasteiger partial charge in [0.25, 0.3) is 5.91 Å². The summed E-state index contributed by atoms with van der Waals surface area (Å²) in [5.41, 5.74) is 4.24. The van der Waals surface area contributed by atoms with E-state index >= 15 is 0 Å². The van der Waals surface area contributed by atoms with Gasteiger partial charge in [0, 0.05) is 27.9 Å². The fourth-order valence-corrected chi connectivity index (χ4v) is 3.89. The fourth-order valence-electron chi connectivity index (χ4n) is 3.17. The zero-order valence-corrected chi connectivity index (χ0v) is 15.9. The summed E-state index contributed by atoms with van der Waals surface area (Å²) < 4.78 is 14.4. The van der Waals surface area contributed by atoms with Gasteiger partial charge in [-0.15, -0.1) is 11.3 Å². The maximum atomic E-state index is 14.4. The average molecular weight is 380 g/mol.